The Bertz CT molecular complexity index is 232. The molecule has 0 aliphatic heterocycles. The van der Waals surface area contributed by atoms with Gasteiger partial charge in [-0.3, -0.25) is 10.1 Å². The second-order valence-corrected chi connectivity index (χ2v) is 4.11. The van der Waals surface area contributed by atoms with Crippen molar-refractivity contribution in [3.63, 3.8) is 0 Å². The van der Waals surface area contributed by atoms with Gasteiger partial charge in [-0.05, 0) is 0 Å². The molecular weight excluding hydrogens is 166 g/mol. The number of rotatable bonds is 3. The van der Waals surface area contributed by atoms with E-state index in [4.69, 9.17) is 5.41 Å². The number of nitrogens with one attached hydrogen (secondary N) is 2. The van der Waals surface area contributed by atoms with Crippen molar-refractivity contribution in [2.45, 2.75) is 13.3 Å². The molecule has 66 valence electrons. The second kappa shape index (κ2) is 3.68. The van der Waals surface area contributed by atoms with Crippen molar-refractivity contribution in [2.75, 3.05) is 14.1 Å². The summed E-state index contributed by atoms with van der Waals surface area (Å²) in [5.41, 5.74) is 0. The number of nitrogens with zero attached hydrogens (tertiary/aromatic N) is 1. The van der Waals surface area contributed by atoms with Crippen molar-refractivity contribution < 1.29 is 8.42 Å². The average Bonchev–Trinajstić information content (AvgIpc) is 1.86. The van der Waals surface area contributed by atoms with E-state index >= 15 is 0 Å². The summed E-state index contributed by atoms with van der Waals surface area (Å²) < 4.78 is 25.1. The van der Waals surface area contributed by atoms with Crippen LogP contribution in [0.1, 0.15) is 13.3 Å². The molecule has 0 heterocycles. The highest BCUT2D eigenvalue weighted by molar-refractivity contribution is 7.87. The van der Waals surface area contributed by atoms with Crippen molar-refractivity contribution >= 4 is 16.0 Å². The highest BCUT2D eigenvalue weighted by Gasteiger charge is 2.12. The van der Waals surface area contributed by atoms with Crippen molar-refractivity contribution in [3.05, 3.63) is 0 Å². The normalized spacial score (nSPS) is 11.6. The van der Waals surface area contributed by atoms with Crippen molar-refractivity contribution in [2.24, 2.45) is 0 Å². The van der Waals surface area contributed by atoms with Gasteiger partial charge >= 0.3 is 10.2 Å². The third kappa shape index (κ3) is 3.33. The molecule has 0 saturated carbocycles. The van der Waals surface area contributed by atoms with Gasteiger partial charge in [0.25, 0.3) is 0 Å². The molecular formula is C5H13N3O2S. The fourth-order valence-electron chi connectivity index (χ4n) is 0.319. The van der Waals surface area contributed by atoms with E-state index in [1.165, 1.54) is 14.1 Å². The standard InChI is InChI=1S/C5H13N3O2S/c1-4-5(6)7-11(9,10)8(2)3/h4H2,1-3H3,(H2,6,7). The van der Waals surface area contributed by atoms with Crippen LogP contribution in [0.4, 0.5) is 0 Å². The minimum absolute atomic E-state index is 0.00120. The fourth-order valence-corrected chi connectivity index (χ4v) is 0.957. The molecule has 0 unspecified atom stereocenters. The Hall–Kier alpha value is -0.620. The topological polar surface area (TPSA) is 73.3 Å². The third-order valence-corrected chi connectivity index (χ3v) is 2.55. The molecule has 0 aromatic rings. The number of hydrogen-bond acceptors (Lipinski definition) is 3. The Morgan fingerprint density at radius 2 is 2.00 bits per heavy atom. The van der Waals surface area contributed by atoms with Gasteiger partial charge in [0.2, 0.25) is 0 Å². The lowest BCUT2D eigenvalue weighted by molar-refractivity contribution is 0.516. The summed E-state index contributed by atoms with van der Waals surface area (Å²) in [6.07, 6.45) is 0.382. The molecule has 0 spiro atoms. The summed E-state index contributed by atoms with van der Waals surface area (Å²) in [4.78, 5) is 0. The molecule has 0 saturated heterocycles. The van der Waals surface area contributed by atoms with Crippen LogP contribution in [0.25, 0.3) is 0 Å². The van der Waals surface area contributed by atoms with Gasteiger partial charge in [0.1, 0.15) is 5.84 Å². The van der Waals surface area contributed by atoms with E-state index in [2.05, 4.69) is 4.72 Å². The fraction of sp³-hybridized carbons (Fsp3) is 0.800. The van der Waals surface area contributed by atoms with Gasteiger partial charge in [-0.25, -0.2) is 0 Å². The Morgan fingerprint density at radius 1 is 1.55 bits per heavy atom. The molecule has 11 heavy (non-hydrogen) atoms. The summed E-state index contributed by atoms with van der Waals surface area (Å²) >= 11 is 0. The highest BCUT2D eigenvalue weighted by atomic mass is 32.2. The zero-order valence-corrected chi connectivity index (χ0v) is 7.70. The van der Waals surface area contributed by atoms with Gasteiger partial charge in [0, 0.05) is 20.5 Å². The minimum atomic E-state index is -3.45. The van der Waals surface area contributed by atoms with Gasteiger partial charge in [-0.2, -0.15) is 12.7 Å². The van der Waals surface area contributed by atoms with E-state index in [1.54, 1.807) is 6.92 Å². The summed E-state index contributed by atoms with van der Waals surface area (Å²) in [6.45, 7) is 1.71. The summed E-state index contributed by atoms with van der Waals surface area (Å²) in [5, 5.41) is 7.07. The molecule has 6 heteroatoms. The second-order valence-electron chi connectivity index (χ2n) is 2.22. The van der Waals surface area contributed by atoms with Gasteiger partial charge in [-0.15, -0.1) is 0 Å². The maximum atomic E-state index is 11.0. The molecule has 0 radical (unpaired) electrons. The molecule has 0 aliphatic rings. The predicted octanol–water partition coefficient (Wildman–Crippen LogP) is -0.230. The molecule has 0 bridgehead atoms. The first-order chi connectivity index (χ1) is 4.90. The minimum Gasteiger partial charge on any atom is -0.288 e. The maximum absolute atomic E-state index is 11.0. The van der Waals surface area contributed by atoms with E-state index in [1.807, 2.05) is 0 Å². The first kappa shape index (κ1) is 10.4. The van der Waals surface area contributed by atoms with E-state index < -0.39 is 10.2 Å². The maximum Gasteiger partial charge on any atom is 0.302 e. The molecule has 0 aromatic carbocycles. The lowest BCUT2D eigenvalue weighted by Crippen LogP contribution is -2.38. The molecule has 0 aromatic heterocycles. The lowest BCUT2D eigenvalue weighted by Gasteiger charge is -2.12. The first-order valence-electron chi connectivity index (χ1n) is 3.18. The van der Waals surface area contributed by atoms with Crippen LogP contribution in [0, 0.1) is 5.41 Å². The van der Waals surface area contributed by atoms with Crippen LogP contribution >= 0.6 is 0 Å². The zero-order valence-electron chi connectivity index (χ0n) is 6.88. The van der Waals surface area contributed by atoms with Crippen LogP contribution < -0.4 is 4.72 Å². The quantitative estimate of drug-likeness (QED) is 0.464. The van der Waals surface area contributed by atoms with Crippen molar-refractivity contribution in [1.29, 1.82) is 5.41 Å². The number of amidine groups is 1. The van der Waals surface area contributed by atoms with Crippen LogP contribution in [0.3, 0.4) is 0 Å². The van der Waals surface area contributed by atoms with Crippen LogP contribution in [0.15, 0.2) is 0 Å². The van der Waals surface area contributed by atoms with Crippen molar-refractivity contribution in [1.82, 2.24) is 9.03 Å². The zero-order chi connectivity index (χ0) is 9.07. The summed E-state index contributed by atoms with van der Waals surface area (Å²) in [5.74, 6) is -0.00120. The summed E-state index contributed by atoms with van der Waals surface area (Å²) in [6, 6.07) is 0. The SMILES string of the molecule is CCC(=N)NS(=O)(=O)N(C)C. The smallest absolute Gasteiger partial charge is 0.288 e. The Balaban J connectivity index is 4.27. The molecule has 0 atom stereocenters. The van der Waals surface area contributed by atoms with Crippen LogP contribution in [-0.2, 0) is 10.2 Å². The van der Waals surface area contributed by atoms with E-state index in [0.29, 0.717) is 6.42 Å². The van der Waals surface area contributed by atoms with E-state index in [-0.39, 0.29) is 5.84 Å². The van der Waals surface area contributed by atoms with Gasteiger partial charge < -0.3 is 0 Å². The number of hydrogen-bond donors (Lipinski definition) is 2. The lowest BCUT2D eigenvalue weighted by atomic mass is 10.5. The van der Waals surface area contributed by atoms with Gasteiger partial charge in [-0.1, -0.05) is 6.92 Å². The molecule has 5 nitrogen and oxygen atoms in total. The van der Waals surface area contributed by atoms with E-state index in [0.717, 1.165) is 4.31 Å². The molecule has 2 N–H and O–H groups in total. The average molecular weight is 179 g/mol. The molecule has 0 amide bonds. The predicted molar refractivity (Wildman–Crippen MR) is 43.8 cm³/mol. The van der Waals surface area contributed by atoms with Crippen LogP contribution in [-0.4, -0.2) is 32.7 Å². The highest BCUT2D eigenvalue weighted by Crippen LogP contribution is 1.89. The monoisotopic (exact) mass is 179 g/mol. The Morgan fingerprint density at radius 3 is 2.27 bits per heavy atom. The Labute approximate surface area is 67.1 Å². The van der Waals surface area contributed by atoms with Crippen LogP contribution in [0.5, 0.6) is 0 Å². The van der Waals surface area contributed by atoms with E-state index in [9.17, 15) is 8.42 Å². The Kier molecular flexibility index (Phi) is 3.47. The van der Waals surface area contributed by atoms with Gasteiger partial charge in [0.05, 0.1) is 0 Å². The molecule has 0 rings (SSSR count). The first-order valence-corrected chi connectivity index (χ1v) is 4.62. The largest absolute Gasteiger partial charge is 0.302 e. The van der Waals surface area contributed by atoms with Crippen molar-refractivity contribution in [3.8, 4) is 0 Å². The molecule has 0 aliphatic carbocycles. The molecule has 0 fully saturated rings. The van der Waals surface area contributed by atoms with Gasteiger partial charge in [0.15, 0.2) is 0 Å². The third-order valence-electron chi connectivity index (χ3n) is 1.09. The van der Waals surface area contributed by atoms with Crippen LogP contribution in [0.2, 0.25) is 0 Å². The summed E-state index contributed by atoms with van der Waals surface area (Å²) in [7, 11) is -0.635.